The van der Waals surface area contributed by atoms with Crippen LogP contribution >= 0.6 is 11.6 Å². The predicted octanol–water partition coefficient (Wildman–Crippen LogP) is 3.39. The molecule has 1 aliphatic heterocycles. The van der Waals surface area contributed by atoms with E-state index in [4.69, 9.17) is 11.6 Å². The number of amides is 2. The van der Waals surface area contributed by atoms with Crippen molar-refractivity contribution in [3.05, 3.63) is 46.8 Å². The van der Waals surface area contributed by atoms with Crippen molar-refractivity contribution >= 4 is 34.8 Å². The van der Waals surface area contributed by atoms with Crippen LogP contribution in [0.1, 0.15) is 55.7 Å². The first-order chi connectivity index (χ1) is 15.4. The molecule has 4 rings (SSSR count). The summed E-state index contributed by atoms with van der Waals surface area (Å²) >= 11 is 6.16. The summed E-state index contributed by atoms with van der Waals surface area (Å²) in [6.07, 6.45) is 3.92. The van der Waals surface area contributed by atoms with Gasteiger partial charge in [0.05, 0.1) is 33.9 Å². The Morgan fingerprint density at radius 3 is 2.81 bits per heavy atom. The number of H-pyrrole nitrogens is 1. The number of nitrogens with zero attached hydrogens (tertiary/aromatic N) is 3. The van der Waals surface area contributed by atoms with Crippen molar-refractivity contribution in [2.45, 2.75) is 52.1 Å². The molecule has 2 heterocycles. The lowest BCUT2D eigenvalue weighted by molar-refractivity contribution is -0.125. The topological polar surface area (TPSA) is 102 Å². The molecule has 3 N–H and O–H groups in total. The molecular weight excluding hydrogens is 435 g/mol. The van der Waals surface area contributed by atoms with Crippen LogP contribution in [0.15, 0.2) is 29.6 Å². The van der Waals surface area contributed by atoms with Crippen LogP contribution in [0.4, 0.5) is 10.1 Å². The van der Waals surface area contributed by atoms with E-state index in [9.17, 15) is 14.0 Å². The summed E-state index contributed by atoms with van der Waals surface area (Å²) in [5.74, 6) is -0.848. The van der Waals surface area contributed by atoms with Crippen molar-refractivity contribution in [1.82, 2.24) is 20.6 Å². The van der Waals surface area contributed by atoms with Gasteiger partial charge in [-0.15, -0.1) is 0 Å². The fraction of sp³-hybridized carbons (Fsp3) is 0.455. The van der Waals surface area contributed by atoms with Crippen molar-refractivity contribution in [3.63, 3.8) is 0 Å². The Morgan fingerprint density at radius 1 is 1.38 bits per heavy atom. The average molecular weight is 461 g/mol. The number of halogens is 2. The number of aromatic amines is 1. The van der Waals surface area contributed by atoms with Gasteiger partial charge in [0, 0.05) is 12.6 Å². The van der Waals surface area contributed by atoms with Crippen LogP contribution in [0, 0.1) is 11.2 Å². The lowest BCUT2D eigenvalue weighted by Gasteiger charge is -2.36. The number of rotatable bonds is 6. The number of hydrazone groups is 1. The van der Waals surface area contributed by atoms with Gasteiger partial charge in [-0.3, -0.25) is 9.59 Å². The minimum absolute atomic E-state index is 0.0548. The zero-order valence-corrected chi connectivity index (χ0v) is 18.8. The monoisotopic (exact) mass is 460 g/mol. The zero-order valence-electron chi connectivity index (χ0n) is 18.0. The number of carbonyl (C=O) groups excluding carboxylic acids is 2. The van der Waals surface area contributed by atoms with Crippen molar-refractivity contribution in [2.24, 2.45) is 10.5 Å². The molecular formula is C22H26ClFN6O2. The van der Waals surface area contributed by atoms with E-state index in [1.54, 1.807) is 0 Å². The number of nitrogens with one attached hydrogen (secondary N) is 3. The lowest BCUT2D eigenvalue weighted by Crippen LogP contribution is -2.47. The van der Waals surface area contributed by atoms with Gasteiger partial charge in [0.2, 0.25) is 0 Å². The number of carbonyl (C=O) groups is 2. The second-order valence-electron chi connectivity index (χ2n) is 8.24. The molecule has 170 valence electrons. The van der Waals surface area contributed by atoms with Crippen molar-refractivity contribution < 1.29 is 14.0 Å². The third kappa shape index (κ3) is 4.02. The van der Waals surface area contributed by atoms with E-state index in [0.717, 1.165) is 12.2 Å². The van der Waals surface area contributed by atoms with Gasteiger partial charge >= 0.3 is 0 Å². The third-order valence-corrected chi connectivity index (χ3v) is 6.64. The molecule has 2 aromatic rings. The van der Waals surface area contributed by atoms with Gasteiger partial charge in [-0.1, -0.05) is 18.5 Å². The second kappa shape index (κ2) is 8.99. The highest BCUT2D eigenvalue weighted by Gasteiger charge is 2.51. The molecule has 0 bridgehead atoms. The standard InChI is InChI=1S/C22H26ClFN6O2/c1-3-25-11-17-19(27-12-26-17)20(31)28-15-6-8-22(9-7-15)13(2)29-30(21(22)32)18-5-4-14(24)10-16(18)23/h4-5,10,12,15,25H,3,6-9,11H2,1-2H3,(H,26,27)(H,28,31). The van der Waals surface area contributed by atoms with Crippen LogP contribution in [0.3, 0.4) is 0 Å². The molecule has 32 heavy (non-hydrogen) atoms. The van der Waals surface area contributed by atoms with E-state index in [-0.39, 0.29) is 22.9 Å². The normalized spacial score (nSPS) is 23.0. The molecule has 10 heteroatoms. The minimum Gasteiger partial charge on any atom is -0.348 e. The Kier molecular flexibility index (Phi) is 6.30. The molecule has 0 atom stereocenters. The molecule has 2 amide bonds. The molecule has 2 aliphatic rings. The minimum atomic E-state index is -0.721. The summed E-state index contributed by atoms with van der Waals surface area (Å²) in [5, 5.41) is 12.1. The van der Waals surface area contributed by atoms with Crippen molar-refractivity contribution in [3.8, 4) is 0 Å². The molecule has 1 aliphatic carbocycles. The summed E-state index contributed by atoms with van der Waals surface area (Å²) in [6.45, 7) is 5.17. The zero-order chi connectivity index (χ0) is 22.9. The molecule has 1 spiro atoms. The van der Waals surface area contributed by atoms with E-state index in [0.29, 0.717) is 49.3 Å². The maximum atomic E-state index is 13.4. The van der Waals surface area contributed by atoms with Crippen LogP contribution in [0.2, 0.25) is 5.02 Å². The smallest absolute Gasteiger partial charge is 0.272 e. The van der Waals surface area contributed by atoms with E-state index in [1.807, 2.05) is 13.8 Å². The number of imidazole rings is 1. The van der Waals surface area contributed by atoms with E-state index in [1.165, 1.54) is 29.5 Å². The van der Waals surface area contributed by atoms with Gasteiger partial charge in [0.1, 0.15) is 11.5 Å². The number of hydrogen-bond donors (Lipinski definition) is 3. The number of hydrogen-bond acceptors (Lipinski definition) is 5. The maximum absolute atomic E-state index is 13.4. The summed E-state index contributed by atoms with van der Waals surface area (Å²) in [7, 11) is 0. The summed E-state index contributed by atoms with van der Waals surface area (Å²) in [6, 6.07) is 3.84. The Morgan fingerprint density at radius 2 is 2.12 bits per heavy atom. The summed E-state index contributed by atoms with van der Waals surface area (Å²) < 4.78 is 13.4. The molecule has 1 fully saturated rings. The van der Waals surface area contributed by atoms with Gasteiger partial charge < -0.3 is 15.6 Å². The van der Waals surface area contributed by atoms with Crippen molar-refractivity contribution in [2.75, 3.05) is 11.6 Å². The fourth-order valence-electron chi connectivity index (χ4n) is 4.45. The highest BCUT2D eigenvalue weighted by molar-refractivity contribution is 6.34. The molecule has 0 radical (unpaired) electrons. The summed E-state index contributed by atoms with van der Waals surface area (Å²) in [5.41, 5.74) is 1.50. The van der Waals surface area contributed by atoms with Crippen molar-refractivity contribution in [1.29, 1.82) is 0 Å². The number of aromatic nitrogens is 2. The van der Waals surface area contributed by atoms with Crippen LogP contribution < -0.4 is 15.6 Å². The average Bonchev–Trinajstić information content (AvgIpc) is 3.33. The fourth-order valence-corrected chi connectivity index (χ4v) is 4.70. The first-order valence-electron chi connectivity index (χ1n) is 10.7. The number of benzene rings is 1. The molecule has 0 unspecified atom stereocenters. The third-order valence-electron chi connectivity index (χ3n) is 6.34. The van der Waals surface area contributed by atoms with Gasteiger partial charge in [0.15, 0.2) is 0 Å². The first kappa shape index (κ1) is 22.4. The van der Waals surface area contributed by atoms with Gasteiger partial charge in [-0.25, -0.2) is 9.37 Å². The van der Waals surface area contributed by atoms with Crippen LogP contribution in [-0.2, 0) is 11.3 Å². The molecule has 1 saturated carbocycles. The van der Waals surface area contributed by atoms with Gasteiger partial charge in [-0.2, -0.15) is 10.1 Å². The Labute approximate surface area is 190 Å². The first-order valence-corrected chi connectivity index (χ1v) is 11.1. The van der Waals surface area contributed by atoms with Gasteiger partial charge in [-0.05, 0) is 57.4 Å². The maximum Gasteiger partial charge on any atom is 0.272 e. The molecule has 1 aromatic heterocycles. The SMILES string of the molecule is CCNCc1[nH]cnc1C(=O)NC1CCC2(CC1)C(=O)N(c1ccc(F)cc1Cl)N=C2C. The van der Waals surface area contributed by atoms with Crippen LogP contribution in [-0.4, -0.2) is 40.1 Å². The summed E-state index contributed by atoms with van der Waals surface area (Å²) in [4.78, 5) is 33.2. The quantitative estimate of drug-likeness (QED) is 0.614. The van der Waals surface area contributed by atoms with Crippen LogP contribution in [0.25, 0.3) is 0 Å². The van der Waals surface area contributed by atoms with Gasteiger partial charge in [0.25, 0.3) is 11.8 Å². The number of anilines is 1. The largest absolute Gasteiger partial charge is 0.348 e. The molecule has 8 nitrogen and oxygen atoms in total. The molecule has 0 saturated heterocycles. The Hall–Kier alpha value is -2.78. The van der Waals surface area contributed by atoms with Crippen LogP contribution in [0.5, 0.6) is 0 Å². The highest BCUT2D eigenvalue weighted by atomic mass is 35.5. The second-order valence-corrected chi connectivity index (χ2v) is 8.65. The van der Waals surface area contributed by atoms with E-state index < -0.39 is 11.2 Å². The van der Waals surface area contributed by atoms with E-state index >= 15 is 0 Å². The van der Waals surface area contributed by atoms with E-state index in [2.05, 4.69) is 25.7 Å². The molecule has 1 aromatic carbocycles. The Bertz CT molecular complexity index is 1060. The predicted molar refractivity (Wildman–Crippen MR) is 120 cm³/mol. The highest BCUT2D eigenvalue weighted by Crippen LogP contribution is 2.45. The lowest BCUT2D eigenvalue weighted by atomic mass is 9.69. The Balaban J connectivity index is 1.42.